The van der Waals surface area contributed by atoms with Crippen LogP contribution in [0.5, 0.6) is 11.5 Å². The van der Waals surface area contributed by atoms with Crippen LogP contribution in [0.15, 0.2) is 18.2 Å². The summed E-state index contributed by atoms with van der Waals surface area (Å²) < 4.78 is 15.6. The summed E-state index contributed by atoms with van der Waals surface area (Å²) in [4.78, 5) is 11.5. The van der Waals surface area contributed by atoms with Crippen molar-refractivity contribution in [2.24, 2.45) is 0 Å². The van der Waals surface area contributed by atoms with Crippen LogP contribution < -0.4 is 14.8 Å². The van der Waals surface area contributed by atoms with E-state index in [1.807, 2.05) is 26.0 Å². The molecule has 1 aromatic carbocycles. The van der Waals surface area contributed by atoms with Crippen molar-refractivity contribution < 1.29 is 19.0 Å². The number of carbonyl (C=O) groups excluding carboxylic acids is 1. The summed E-state index contributed by atoms with van der Waals surface area (Å²) in [6.07, 6.45) is -0.667. The molecule has 2 unspecified atom stereocenters. The van der Waals surface area contributed by atoms with Gasteiger partial charge in [-0.1, -0.05) is 13.0 Å². The quantitative estimate of drug-likeness (QED) is 0.777. The highest BCUT2D eigenvalue weighted by Crippen LogP contribution is 2.30. The first-order chi connectivity index (χ1) is 9.53. The Bertz CT molecular complexity index is 447. The van der Waals surface area contributed by atoms with Crippen LogP contribution >= 0.6 is 0 Å². The molecule has 2 atom stereocenters. The second-order valence-electron chi connectivity index (χ2n) is 4.47. The Morgan fingerprint density at radius 1 is 1.30 bits per heavy atom. The number of carbonyl (C=O) groups is 1. The van der Waals surface area contributed by atoms with Gasteiger partial charge in [0, 0.05) is 17.7 Å². The number of ether oxygens (including phenoxy) is 3. The van der Waals surface area contributed by atoms with E-state index < -0.39 is 12.1 Å². The van der Waals surface area contributed by atoms with Gasteiger partial charge in [-0.15, -0.1) is 0 Å². The maximum absolute atomic E-state index is 11.5. The summed E-state index contributed by atoms with van der Waals surface area (Å²) in [5, 5.41) is 3.32. The molecule has 0 aliphatic carbocycles. The maximum atomic E-state index is 11.5. The van der Waals surface area contributed by atoms with Crippen LogP contribution in [0.3, 0.4) is 0 Å². The van der Waals surface area contributed by atoms with Gasteiger partial charge in [-0.2, -0.15) is 0 Å². The largest absolute Gasteiger partial charge is 0.497 e. The topological polar surface area (TPSA) is 56.8 Å². The van der Waals surface area contributed by atoms with Crippen molar-refractivity contribution in [1.82, 2.24) is 5.32 Å². The third kappa shape index (κ3) is 4.13. The summed E-state index contributed by atoms with van der Waals surface area (Å²) in [5.74, 6) is 0.898. The molecule has 0 heterocycles. The molecule has 0 bridgehead atoms. The maximum Gasteiger partial charge on any atom is 0.346 e. The minimum absolute atomic E-state index is 0.116. The molecule has 5 heteroatoms. The van der Waals surface area contributed by atoms with Gasteiger partial charge in [-0.25, -0.2) is 4.79 Å². The van der Waals surface area contributed by atoms with Crippen molar-refractivity contribution in [2.45, 2.75) is 32.9 Å². The number of esters is 1. The van der Waals surface area contributed by atoms with E-state index in [1.165, 1.54) is 7.11 Å². The molecule has 0 fully saturated rings. The molecule has 1 aromatic rings. The van der Waals surface area contributed by atoms with Crippen molar-refractivity contribution in [3.05, 3.63) is 23.8 Å². The van der Waals surface area contributed by atoms with Gasteiger partial charge in [-0.3, -0.25) is 0 Å². The molecule has 0 aliphatic rings. The van der Waals surface area contributed by atoms with Gasteiger partial charge < -0.3 is 19.5 Å². The molecule has 0 radical (unpaired) electrons. The second kappa shape index (κ2) is 7.75. The van der Waals surface area contributed by atoms with Gasteiger partial charge >= 0.3 is 5.97 Å². The van der Waals surface area contributed by atoms with Gasteiger partial charge in [-0.05, 0) is 26.5 Å². The van der Waals surface area contributed by atoms with E-state index in [1.54, 1.807) is 20.1 Å². The lowest BCUT2D eigenvalue weighted by Gasteiger charge is -2.20. The van der Waals surface area contributed by atoms with Crippen molar-refractivity contribution in [1.29, 1.82) is 0 Å². The fraction of sp³-hybridized carbons (Fsp3) is 0.533. The molecule has 0 saturated carbocycles. The molecule has 0 aromatic heterocycles. The SMILES string of the molecule is CCNC(C)c1ccc(OC)cc1OC(C)C(=O)OC. The molecular weight excluding hydrogens is 258 g/mol. The van der Waals surface area contributed by atoms with Crippen LogP contribution in [-0.4, -0.2) is 32.8 Å². The van der Waals surface area contributed by atoms with E-state index in [2.05, 4.69) is 10.1 Å². The number of hydrogen-bond acceptors (Lipinski definition) is 5. The van der Waals surface area contributed by atoms with Crippen molar-refractivity contribution >= 4 is 5.97 Å². The molecule has 0 amide bonds. The Hall–Kier alpha value is -1.75. The summed E-state index contributed by atoms with van der Waals surface area (Å²) >= 11 is 0. The first-order valence-corrected chi connectivity index (χ1v) is 6.69. The Balaban J connectivity index is 3.02. The Morgan fingerprint density at radius 2 is 2.00 bits per heavy atom. The average molecular weight is 281 g/mol. The smallest absolute Gasteiger partial charge is 0.346 e. The average Bonchev–Trinajstić information content (AvgIpc) is 2.46. The van der Waals surface area contributed by atoms with Gasteiger partial charge in [0.05, 0.1) is 14.2 Å². The van der Waals surface area contributed by atoms with Gasteiger partial charge in [0.2, 0.25) is 0 Å². The summed E-state index contributed by atoms with van der Waals surface area (Å²) in [6.45, 7) is 6.59. The van der Waals surface area contributed by atoms with E-state index >= 15 is 0 Å². The molecule has 1 rings (SSSR count). The zero-order valence-electron chi connectivity index (χ0n) is 12.7. The zero-order chi connectivity index (χ0) is 15.1. The van der Waals surface area contributed by atoms with Gasteiger partial charge in [0.15, 0.2) is 6.10 Å². The third-order valence-corrected chi connectivity index (χ3v) is 3.03. The number of methoxy groups -OCH3 is 2. The molecular formula is C15H23NO4. The van der Waals surface area contributed by atoms with E-state index in [0.29, 0.717) is 11.5 Å². The molecule has 5 nitrogen and oxygen atoms in total. The lowest BCUT2D eigenvalue weighted by molar-refractivity contribution is -0.147. The van der Waals surface area contributed by atoms with E-state index in [9.17, 15) is 4.79 Å². The highest BCUT2D eigenvalue weighted by Gasteiger charge is 2.19. The number of nitrogens with one attached hydrogen (secondary N) is 1. The first-order valence-electron chi connectivity index (χ1n) is 6.69. The predicted molar refractivity (Wildman–Crippen MR) is 77.2 cm³/mol. The fourth-order valence-corrected chi connectivity index (χ4v) is 1.92. The van der Waals surface area contributed by atoms with Crippen molar-refractivity contribution in [3.63, 3.8) is 0 Å². The Labute approximate surface area is 120 Å². The lowest BCUT2D eigenvalue weighted by atomic mass is 10.1. The van der Waals surface area contributed by atoms with Gasteiger partial charge in [0.25, 0.3) is 0 Å². The molecule has 112 valence electrons. The van der Waals surface area contributed by atoms with Crippen LogP contribution in [0, 0.1) is 0 Å². The van der Waals surface area contributed by atoms with Gasteiger partial charge in [0.1, 0.15) is 11.5 Å². The standard InChI is InChI=1S/C15H23NO4/c1-6-16-10(2)13-8-7-12(18-4)9-14(13)20-11(3)15(17)19-5/h7-11,16H,6H2,1-5H3. The predicted octanol–water partition coefficient (Wildman–Crippen LogP) is 2.31. The molecule has 20 heavy (non-hydrogen) atoms. The minimum Gasteiger partial charge on any atom is -0.497 e. The summed E-state index contributed by atoms with van der Waals surface area (Å²) in [5.41, 5.74) is 0.975. The molecule has 0 aliphatic heterocycles. The highest BCUT2D eigenvalue weighted by molar-refractivity contribution is 5.74. The van der Waals surface area contributed by atoms with Crippen LogP contribution in [0.2, 0.25) is 0 Å². The second-order valence-corrected chi connectivity index (χ2v) is 4.47. The molecule has 0 saturated heterocycles. The van der Waals surface area contributed by atoms with E-state index in [-0.39, 0.29) is 6.04 Å². The normalized spacial score (nSPS) is 13.4. The monoisotopic (exact) mass is 281 g/mol. The van der Waals surface area contributed by atoms with Crippen molar-refractivity contribution in [2.75, 3.05) is 20.8 Å². The third-order valence-electron chi connectivity index (χ3n) is 3.03. The Morgan fingerprint density at radius 3 is 2.55 bits per heavy atom. The molecule has 1 N–H and O–H groups in total. The number of benzene rings is 1. The van der Waals surface area contributed by atoms with Crippen LogP contribution in [0.4, 0.5) is 0 Å². The first kappa shape index (κ1) is 16.3. The Kier molecular flexibility index (Phi) is 6.31. The fourth-order valence-electron chi connectivity index (χ4n) is 1.92. The summed E-state index contributed by atoms with van der Waals surface area (Å²) in [7, 11) is 2.94. The van der Waals surface area contributed by atoms with Crippen LogP contribution in [0.1, 0.15) is 32.4 Å². The summed E-state index contributed by atoms with van der Waals surface area (Å²) in [6, 6.07) is 5.71. The van der Waals surface area contributed by atoms with Crippen LogP contribution in [-0.2, 0) is 9.53 Å². The van der Waals surface area contributed by atoms with E-state index in [4.69, 9.17) is 9.47 Å². The number of hydrogen-bond donors (Lipinski definition) is 1. The molecule has 0 spiro atoms. The van der Waals surface area contributed by atoms with E-state index in [0.717, 1.165) is 12.1 Å². The highest BCUT2D eigenvalue weighted by atomic mass is 16.6. The lowest BCUT2D eigenvalue weighted by Crippen LogP contribution is -2.26. The van der Waals surface area contributed by atoms with Crippen molar-refractivity contribution in [3.8, 4) is 11.5 Å². The number of rotatable bonds is 7. The minimum atomic E-state index is -0.667. The van der Waals surface area contributed by atoms with Crippen LogP contribution in [0.25, 0.3) is 0 Å². The zero-order valence-corrected chi connectivity index (χ0v) is 12.7.